The van der Waals surface area contributed by atoms with Crippen molar-refractivity contribution >= 4 is 11.8 Å². The van der Waals surface area contributed by atoms with Crippen molar-refractivity contribution in [2.24, 2.45) is 0 Å². The molecule has 3 heterocycles. The zero-order chi connectivity index (χ0) is 23.7. The second-order valence-corrected chi connectivity index (χ2v) is 9.39. The number of anilines is 1. The third-order valence-corrected chi connectivity index (χ3v) is 6.83. The van der Waals surface area contributed by atoms with Crippen LogP contribution in [0.1, 0.15) is 36.5 Å². The van der Waals surface area contributed by atoms with Crippen LogP contribution in [0.25, 0.3) is 5.69 Å². The molecule has 34 heavy (non-hydrogen) atoms. The zero-order valence-electron chi connectivity index (χ0n) is 20.2. The summed E-state index contributed by atoms with van der Waals surface area (Å²) >= 11 is 0. The van der Waals surface area contributed by atoms with E-state index in [1.165, 1.54) is 5.56 Å². The molecule has 2 fully saturated rings. The third-order valence-electron chi connectivity index (χ3n) is 6.83. The highest BCUT2D eigenvalue weighted by atomic mass is 16.6. The van der Waals surface area contributed by atoms with Gasteiger partial charge in [-0.15, -0.1) is 0 Å². The fraction of sp³-hybridized carbons (Fsp3) is 0.407. The van der Waals surface area contributed by atoms with Crippen molar-refractivity contribution in [3.8, 4) is 11.4 Å². The number of nitrogens with zero attached hydrogens (tertiary/aromatic N) is 4. The normalized spacial score (nSPS) is 17.9. The van der Waals surface area contributed by atoms with Gasteiger partial charge < -0.3 is 9.47 Å². The van der Waals surface area contributed by atoms with Crippen molar-refractivity contribution in [1.82, 2.24) is 14.7 Å². The average molecular weight is 461 g/mol. The highest BCUT2D eigenvalue weighted by Gasteiger charge is 2.47. The zero-order valence-corrected chi connectivity index (χ0v) is 20.2. The molecule has 1 spiro atoms. The summed E-state index contributed by atoms with van der Waals surface area (Å²) in [4.78, 5) is 16.8. The second kappa shape index (κ2) is 9.14. The molecule has 1 amide bonds. The number of aromatic nitrogens is 2. The van der Waals surface area contributed by atoms with Crippen LogP contribution >= 0.6 is 0 Å². The molecule has 2 aliphatic heterocycles. The van der Waals surface area contributed by atoms with Crippen LogP contribution in [0.4, 0.5) is 10.5 Å². The maximum absolute atomic E-state index is 12.6. The SMILES string of the molecule is CCOc1cc(CN2CCC3(CC2)CN(c2ccccc2)C(=O)O3)c(-n2cc(C)cn2)cc1C. The molecule has 2 aromatic carbocycles. The molecular weight excluding hydrogens is 428 g/mol. The molecule has 0 bridgehead atoms. The lowest BCUT2D eigenvalue weighted by Crippen LogP contribution is -2.46. The van der Waals surface area contributed by atoms with Crippen molar-refractivity contribution in [2.75, 3.05) is 31.1 Å². The van der Waals surface area contributed by atoms with Gasteiger partial charge in [-0.2, -0.15) is 5.10 Å². The van der Waals surface area contributed by atoms with E-state index in [2.05, 4.69) is 42.2 Å². The summed E-state index contributed by atoms with van der Waals surface area (Å²) in [6.45, 7) is 9.91. The minimum Gasteiger partial charge on any atom is -0.494 e. The highest BCUT2D eigenvalue weighted by Crippen LogP contribution is 2.36. The van der Waals surface area contributed by atoms with E-state index in [4.69, 9.17) is 9.47 Å². The van der Waals surface area contributed by atoms with Crippen LogP contribution in [0, 0.1) is 13.8 Å². The Morgan fingerprint density at radius 2 is 1.88 bits per heavy atom. The van der Waals surface area contributed by atoms with Crippen LogP contribution in [-0.2, 0) is 11.3 Å². The summed E-state index contributed by atoms with van der Waals surface area (Å²) < 4.78 is 13.8. The van der Waals surface area contributed by atoms with E-state index in [1.807, 2.05) is 48.1 Å². The van der Waals surface area contributed by atoms with E-state index < -0.39 is 5.60 Å². The number of carbonyl (C=O) groups is 1. The fourth-order valence-electron chi connectivity index (χ4n) is 4.96. The predicted octanol–water partition coefficient (Wildman–Crippen LogP) is 4.88. The molecule has 178 valence electrons. The molecule has 0 N–H and O–H groups in total. The van der Waals surface area contributed by atoms with Crippen molar-refractivity contribution in [2.45, 2.75) is 45.8 Å². The molecular formula is C27H32N4O3. The van der Waals surface area contributed by atoms with Gasteiger partial charge >= 0.3 is 6.09 Å². The first-order valence-corrected chi connectivity index (χ1v) is 12.0. The van der Waals surface area contributed by atoms with E-state index in [1.54, 1.807) is 4.90 Å². The number of hydrogen-bond acceptors (Lipinski definition) is 5. The van der Waals surface area contributed by atoms with Gasteiger partial charge in [0, 0.05) is 44.4 Å². The molecule has 0 aliphatic carbocycles. The topological polar surface area (TPSA) is 59.8 Å². The Bertz CT molecular complexity index is 1170. The summed E-state index contributed by atoms with van der Waals surface area (Å²) in [6, 6.07) is 14.1. The van der Waals surface area contributed by atoms with Gasteiger partial charge in [-0.05, 0) is 61.7 Å². The highest BCUT2D eigenvalue weighted by molar-refractivity contribution is 5.90. The maximum Gasteiger partial charge on any atom is 0.415 e. The minimum absolute atomic E-state index is 0.240. The first-order valence-electron chi connectivity index (χ1n) is 12.0. The van der Waals surface area contributed by atoms with Crippen LogP contribution in [0.15, 0.2) is 54.9 Å². The van der Waals surface area contributed by atoms with E-state index in [0.29, 0.717) is 13.2 Å². The van der Waals surface area contributed by atoms with Gasteiger partial charge in [-0.25, -0.2) is 9.48 Å². The Labute approximate surface area is 200 Å². The van der Waals surface area contributed by atoms with Gasteiger partial charge in [0.15, 0.2) is 0 Å². The number of likely N-dealkylation sites (tertiary alicyclic amines) is 1. The summed E-state index contributed by atoms with van der Waals surface area (Å²) in [7, 11) is 0. The molecule has 1 aromatic heterocycles. The van der Waals surface area contributed by atoms with Crippen LogP contribution in [0.3, 0.4) is 0 Å². The summed E-state index contributed by atoms with van der Waals surface area (Å²) in [5.41, 5.74) is 4.98. The largest absolute Gasteiger partial charge is 0.494 e. The predicted molar refractivity (Wildman–Crippen MR) is 132 cm³/mol. The Balaban J connectivity index is 1.32. The van der Waals surface area contributed by atoms with E-state index >= 15 is 0 Å². The van der Waals surface area contributed by atoms with Crippen LogP contribution < -0.4 is 9.64 Å². The molecule has 0 saturated carbocycles. The number of para-hydroxylation sites is 1. The second-order valence-electron chi connectivity index (χ2n) is 9.39. The molecule has 3 aromatic rings. The van der Waals surface area contributed by atoms with Crippen molar-refractivity contribution in [1.29, 1.82) is 0 Å². The molecule has 0 atom stereocenters. The fourth-order valence-corrected chi connectivity index (χ4v) is 4.96. The van der Waals surface area contributed by atoms with Gasteiger partial charge in [0.05, 0.1) is 25.0 Å². The van der Waals surface area contributed by atoms with Crippen LogP contribution in [-0.4, -0.2) is 52.6 Å². The van der Waals surface area contributed by atoms with E-state index in [0.717, 1.165) is 60.7 Å². The molecule has 2 aliphatic rings. The molecule has 7 heteroatoms. The Hall–Kier alpha value is -3.32. The number of aryl methyl sites for hydroxylation is 2. The number of rotatable bonds is 6. The Kier molecular flexibility index (Phi) is 6.04. The Morgan fingerprint density at radius 1 is 1.12 bits per heavy atom. The standard InChI is InChI=1S/C27H32N4O3/c1-4-33-25-15-22(24(14-21(25)3)31-17-20(2)16-28-31)18-29-12-10-27(11-13-29)19-30(26(32)34-27)23-8-6-5-7-9-23/h5-9,14-17H,4,10-13,18-19H2,1-3H3. The summed E-state index contributed by atoms with van der Waals surface area (Å²) in [5.74, 6) is 0.918. The lowest BCUT2D eigenvalue weighted by molar-refractivity contribution is -0.000990. The first kappa shape index (κ1) is 22.5. The van der Waals surface area contributed by atoms with E-state index in [-0.39, 0.29) is 6.09 Å². The van der Waals surface area contributed by atoms with Crippen molar-refractivity contribution in [3.63, 3.8) is 0 Å². The van der Waals surface area contributed by atoms with E-state index in [9.17, 15) is 4.79 Å². The number of hydrogen-bond donors (Lipinski definition) is 0. The summed E-state index contributed by atoms with van der Waals surface area (Å²) in [5, 5.41) is 4.55. The number of amides is 1. The minimum atomic E-state index is -0.408. The van der Waals surface area contributed by atoms with Gasteiger partial charge in [0.25, 0.3) is 0 Å². The first-order chi connectivity index (χ1) is 16.5. The lowest BCUT2D eigenvalue weighted by atomic mass is 9.91. The molecule has 7 nitrogen and oxygen atoms in total. The maximum atomic E-state index is 12.6. The number of carbonyl (C=O) groups excluding carboxylic acids is 1. The molecule has 0 radical (unpaired) electrons. The quantitative estimate of drug-likeness (QED) is 0.525. The summed E-state index contributed by atoms with van der Waals surface area (Å²) in [6.07, 6.45) is 5.34. The number of piperidine rings is 1. The van der Waals surface area contributed by atoms with Crippen molar-refractivity contribution in [3.05, 3.63) is 71.5 Å². The average Bonchev–Trinajstić information content (AvgIpc) is 3.41. The third kappa shape index (κ3) is 4.40. The molecule has 2 saturated heterocycles. The smallest absolute Gasteiger partial charge is 0.415 e. The number of benzene rings is 2. The number of ether oxygens (including phenoxy) is 2. The lowest BCUT2D eigenvalue weighted by Gasteiger charge is -2.37. The van der Waals surface area contributed by atoms with Crippen LogP contribution in [0.5, 0.6) is 5.75 Å². The van der Waals surface area contributed by atoms with Crippen LogP contribution in [0.2, 0.25) is 0 Å². The van der Waals surface area contributed by atoms with Gasteiger partial charge in [-0.1, -0.05) is 18.2 Å². The van der Waals surface area contributed by atoms with Gasteiger partial charge in [0.1, 0.15) is 11.4 Å². The monoisotopic (exact) mass is 460 g/mol. The van der Waals surface area contributed by atoms with Crippen molar-refractivity contribution < 1.29 is 14.3 Å². The Morgan fingerprint density at radius 3 is 2.56 bits per heavy atom. The van der Waals surface area contributed by atoms with Gasteiger partial charge in [0.2, 0.25) is 0 Å². The molecule has 5 rings (SSSR count). The van der Waals surface area contributed by atoms with Gasteiger partial charge in [-0.3, -0.25) is 9.80 Å². The molecule has 0 unspecified atom stereocenters.